The number of piperazine rings is 1. The normalized spacial score (nSPS) is 14.4. The number of hydrogen-bond donors (Lipinski definition) is 3. The fourth-order valence-electron chi connectivity index (χ4n) is 3.82. The lowest BCUT2D eigenvalue weighted by molar-refractivity contribution is 0.100. The first-order valence-electron chi connectivity index (χ1n) is 11.1. The van der Waals surface area contributed by atoms with Crippen molar-refractivity contribution in [3.63, 3.8) is 0 Å². The summed E-state index contributed by atoms with van der Waals surface area (Å²) in [6, 6.07) is 7.71. The van der Waals surface area contributed by atoms with Crippen LogP contribution in [0, 0.1) is 0 Å². The number of carbonyl (C=O) groups excluding carboxylic acids is 1. The summed E-state index contributed by atoms with van der Waals surface area (Å²) in [5.74, 6) is 0.955. The van der Waals surface area contributed by atoms with Gasteiger partial charge in [0.25, 0.3) is 5.91 Å². The molecule has 4 N–H and O–H groups in total. The number of aromatic nitrogens is 3. The number of nitrogens with one attached hydrogen (secondary N) is 2. The summed E-state index contributed by atoms with van der Waals surface area (Å²) in [4.78, 5) is 29.8. The van der Waals surface area contributed by atoms with Crippen LogP contribution in [0.15, 0.2) is 49.1 Å². The van der Waals surface area contributed by atoms with Gasteiger partial charge in [-0.25, -0.2) is 9.97 Å². The molecule has 1 fully saturated rings. The molecule has 0 aliphatic carbocycles. The molecule has 1 aliphatic rings. The minimum absolute atomic E-state index is 0.287. The molecule has 1 saturated heterocycles. The van der Waals surface area contributed by atoms with Gasteiger partial charge in [-0.15, -0.1) is 0 Å². The van der Waals surface area contributed by atoms with E-state index < -0.39 is 5.91 Å². The lowest BCUT2D eigenvalue weighted by Crippen LogP contribution is -2.44. The van der Waals surface area contributed by atoms with Crippen molar-refractivity contribution in [2.45, 2.75) is 19.8 Å². The van der Waals surface area contributed by atoms with Crippen molar-refractivity contribution in [2.75, 3.05) is 48.8 Å². The molecular weight excluding hydrogens is 416 g/mol. The monoisotopic (exact) mass is 446 g/mol. The number of primary amides is 1. The summed E-state index contributed by atoms with van der Waals surface area (Å²) < 4.78 is 0. The molecule has 9 heteroatoms. The van der Waals surface area contributed by atoms with E-state index in [1.165, 1.54) is 6.20 Å². The Kier molecular flexibility index (Phi) is 6.69. The summed E-state index contributed by atoms with van der Waals surface area (Å²) in [5.41, 5.74) is 9.47. The second-order valence-corrected chi connectivity index (χ2v) is 8.54. The van der Waals surface area contributed by atoms with Gasteiger partial charge < -0.3 is 26.2 Å². The molecule has 4 heterocycles. The molecule has 0 aromatic carbocycles. The topological polar surface area (TPSA) is 112 Å². The maximum atomic E-state index is 12.0. The Bertz CT molecular complexity index is 1110. The predicted octanol–water partition coefficient (Wildman–Crippen LogP) is 3.33. The van der Waals surface area contributed by atoms with E-state index in [4.69, 9.17) is 5.73 Å². The van der Waals surface area contributed by atoms with E-state index in [2.05, 4.69) is 62.3 Å². The Morgan fingerprint density at radius 1 is 0.970 bits per heavy atom. The molecule has 3 aromatic heterocycles. The summed E-state index contributed by atoms with van der Waals surface area (Å²) in [6.45, 7) is 8.27. The Hall–Kier alpha value is -3.72. The number of nitrogens with zero attached hydrogens (tertiary/aromatic N) is 5. The van der Waals surface area contributed by atoms with Gasteiger partial charge in [0, 0.05) is 44.6 Å². The average molecular weight is 447 g/mol. The van der Waals surface area contributed by atoms with Crippen LogP contribution in [0.4, 0.5) is 28.7 Å². The van der Waals surface area contributed by atoms with Crippen molar-refractivity contribution >= 4 is 34.6 Å². The third-order valence-corrected chi connectivity index (χ3v) is 5.79. The number of amides is 1. The van der Waals surface area contributed by atoms with Gasteiger partial charge in [0.05, 0.1) is 35.0 Å². The first-order chi connectivity index (χ1) is 15.9. The highest BCUT2D eigenvalue weighted by Gasteiger charge is 2.16. The number of carbonyl (C=O) groups is 1. The largest absolute Gasteiger partial charge is 0.368 e. The molecule has 0 unspecified atom stereocenters. The highest BCUT2D eigenvalue weighted by molar-refractivity contribution is 5.99. The van der Waals surface area contributed by atoms with Crippen molar-refractivity contribution in [3.05, 3.63) is 60.2 Å². The van der Waals surface area contributed by atoms with Crippen LogP contribution in [-0.4, -0.2) is 59.0 Å². The number of hydrogen-bond acceptors (Lipinski definition) is 8. The number of nitrogens with two attached hydrogens (primary N) is 1. The zero-order valence-corrected chi connectivity index (χ0v) is 19.2. The van der Waals surface area contributed by atoms with Gasteiger partial charge in [0.2, 0.25) is 0 Å². The van der Waals surface area contributed by atoms with E-state index in [0.29, 0.717) is 22.9 Å². The molecule has 1 amide bonds. The molecule has 0 atom stereocenters. The standard InChI is InChI=1S/C24H30N8O/c1-16(2)18-6-7-26-15-21(18)29-20-12-23(28-14-19(20)24(25)33)30-22-5-4-17(13-27-22)32-10-8-31(3)9-11-32/h4-7,12-16H,8-11H2,1-3H3,(H2,25,33)(H2,27,28,29,30). The molecule has 0 spiro atoms. The van der Waals surface area contributed by atoms with E-state index >= 15 is 0 Å². The lowest BCUT2D eigenvalue weighted by atomic mass is 10.0. The van der Waals surface area contributed by atoms with Gasteiger partial charge in [-0.1, -0.05) is 13.8 Å². The molecular formula is C24H30N8O. The van der Waals surface area contributed by atoms with Crippen molar-refractivity contribution in [1.82, 2.24) is 19.9 Å². The van der Waals surface area contributed by atoms with Crippen LogP contribution in [0.2, 0.25) is 0 Å². The van der Waals surface area contributed by atoms with Crippen LogP contribution in [-0.2, 0) is 0 Å². The molecule has 33 heavy (non-hydrogen) atoms. The van der Waals surface area contributed by atoms with E-state index in [1.807, 2.05) is 18.3 Å². The molecule has 0 saturated carbocycles. The molecule has 0 radical (unpaired) electrons. The smallest absolute Gasteiger partial charge is 0.252 e. The highest BCUT2D eigenvalue weighted by atomic mass is 16.1. The molecule has 1 aliphatic heterocycles. The summed E-state index contributed by atoms with van der Waals surface area (Å²) in [6.07, 6.45) is 6.84. The van der Waals surface area contributed by atoms with Crippen LogP contribution in [0.5, 0.6) is 0 Å². The highest BCUT2D eigenvalue weighted by Crippen LogP contribution is 2.29. The van der Waals surface area contributed by atoms with Gasteiger partial charge >= 0.3 is 0 Å². The Balaban J connectivity index is 1.54. The molecule has 0 bridgehead atoms. The van der Waals surface area contributed by atoms with Gasteiger partial charge in [0.1, 0.15) is 11.6 Å². The van der Waals surface area contributed by atoms with Crippen molar-refractivity contribution in [2.24, 2.45) is 5.73 Å². The van der Waals surface area contributed by atoms with Crippen molar-refractivity contribution in [1.29, 1.82) is 0 Å². The zero-order valence-electron chi connectivity index (χ0n) is 19.2. The van der Waals surface area contributed by atoms with E-state index in [0.717, 1.165) is 43.1 Å². The number of anilines is 5. The van der Waals surface area contributed by atoms with Gasteiger partial charge in [-0.2, -0.15) is 0 Å². The third kappa shape index (κ3) is 5.38. The second-order valence-electron chi connectivity index (χ2n) is 8.54. The average Bonchev–Trinajstić information content (AvgIpc) is 2.80. The third-order valence-electron chi connectivity index (χ3n) is 5.79. The lowest BCUT2D eigenvalue weighted by Gasteiger charge is -2.33. The van der Waals surface area contributed by atoms with Crippen LogP contribution < -0.4 is 21.3 Å². The van der Waals surface area contributed by atoms with Crippen LogP contribution in [0.3, 0.4) is 0 Å². The van der Waals surface area contributed by atoms with Gasteiger partial charge in [-0.3, -0.25) is 9.78 Å². The minimum atomic E-state index is -0.554. The fraction of sp³-hybridized carbons (Fsp3) is 0.333. The number of likely N-dealkylation sites (N-methyl/N-ethyl adjacent to an activating group) is 1. The molecule has 172 valence electrons. The summed E-state index contributed by atoms with van der Waals surface area (Å²) in [5, 5.41) is 6.53. The van der Waals surface area contributed by atoms with Gasteiger partial charge in [-0.05, 0) is 36.7 Å². The Morgan fingerprint density at radius 2 is 1.73 bits per heavy atom. The van der Waals surface area contributed by atoms with Crippen LogP contribution in [0.25, 0.3) is 0 Å². The van der Waals surface area contributed by atoms with Crippen molar-refractivity contribution in [3.8, 4) is 0 Å². The van der Waals surface area contributed by atoms with E-state index in [-0.39, 0.29) is 5.92 Å². The summed E-state index contributed by atoms with van der Waals surface area (Å²) >= 11 is 0. The van der Waals surface area contributed by atoms with Gasteiger partial charge in [0.15, 0.2) is 0 Å². The fourth-order valence-corrected chi connectivity index (χ4v) is 3.82. The molecule has 3 aromatic rings. The quantitative estimate of drug-likeness (QED) is 0.507. The number of rotatable bonds is 7. The summed E-state index contributed by atoms with van der Waals surface area (Å²) in [7, 11) is 2.14. The predicted molar refractivity (Wildman–Crippen MR) is 132 cm³/mol. The van der Waals surface area contributed by atoms with Crippen LogP contribution in [0.1, 0.15) is 35.7 Å². The second kappa shape index (κ2) is 9.83. The maximum absolute atomic E-state index is 12.0. The van der Waals surface area contributed by atoms with Crippen molar-refractivity contribution < 1.29 is 4.79 Å². The Morgan fingerprint density at radius 3 is 2.39 bits per heavy atom. The molecule has 9 nitrogen and oxygen atoms in total. The minimum Gasteiger partial charge on any atom is -0.368 e. The first kappa shape index (κ1) is 22.5. The van der Waals surface area contributed by atoms with E-state index in [9.17, 15) is 4.79 Å². The SMILES string of the molecule is CC(C)c1ccncc1Nc1cc(Nc2ccc(N3CCN(C)CC3)cn2)ncc1C(N)=O. The maximum Gasteiger partial charge on any atom is 0.252 e. The van der Waals surface area contributed by atoms with Crippen LogP contribution >= 0.6 is 0 Å². The molecule has 4 rings (SSSR count). The first-order valence-corrected chi connectivity index (χ1v) is 11.1. The zero-order chi connectivity index (χ0) is 23.4. The van der Waals surface area contributed by atoms with E-state index in [1.54, 1.807) is 18.5 Å². The number of pyridine rings is 3. The Labute approximate surface area is 194 Å².